The highest BCUT2D eigenvalue weighted by Gasteiger charge is 2.27. The molecule has 7 heteroatoms. The van der Waals surface area contributed by atoms with Gasteiger partial charge in [0.2, 0.25) is 0 Å². The van der Waals surface area contributed by atoms with Crippen molar-refractivity contribution in [3.8, 4) is 0 Å². The first-order valence-corrected chi connectivity index (χ1v) is 8.76. The average Bonchev–Trinajstić information content (AvgIpc) is 3.36. The number of benzene rings is 1. The van der Waals surface area contributed by atoms with Crippen LogP contribution in [0.5, 0.6) is 0 Å². The van der Waals surface area contributed by atoms with Crippen molar-refractivity contribution < 1.29 is 4.79 Å². The van der Waals surface area contributed by atoms with Crippen LogP contribution in [0.1, 0.15) is 48.4 Å². The number of carbonyl (C=O) groups excluding carboxylic acids is 1. The summed E-state index contributed by atoms with van der Waals surface area (Å²) in [5.41, 5.74) is 1.76. The van der Waals surface area contributed by atoms with Gasteiger partial charge in [0.05, 0.1) is 6.54 Å². The molecule has 128 valence electrons. The lowest BCUT2D eigenvalue weighted by Crippen LogP contribution is -2.25. The summed E-state index contributed by atoms with van der Waals surface area (Å²) >= 11 is 5.25. The number of hydrogen-bond acceptors (Lipinski definition) is 4. The van der Waals surface area contributed by atoms with Gasteiger partial charge in [-0.3, -0.25) is 14.5 Å². The minimum atomic E-state index is -0.101. The van der Waals surface area contributed by atoms with Gasteiger partial charge in [-0.2, -0.15) is 5.10 Å². The molecule has 0 atom stereocenters. The van der Waals surface area contributed by atoms with Crippen molar-refractivity contribution in [3.63, 3.8) is 0 Å². The maximum absolute atomic E-state index is 12.3. The molecule has 0 bridgehead atoms. The molecule has 0 radical (unpaired) electrons. The van der Waals surface area contributed by atoms with Crippen molar-refractivity contribution in [2.24, 2.45) is 0 Å². The second kappa shape index (κ2) is 7.17. The molecule has 2 N–H and O–H groups in total. The Hall–Kier alpha value is -2.15. The molecule has 0 saturated heterocycles. The van der Waals surface area contributed by atoms with Crippen molar-refractivity contribution in [1.82, 2.24) is 20.1 Å². The fourth-order valence-corrected chi connectivity index (χ4v) is 3.06. The van der Waals surface area contributed by atoms with E-state index in [2.05, 4.69) is 34.4 Å². The Labute approximate surface area is 146 Å². The van der Waals surface area contributed by atoms with E-state index in [4.69, 9.17) is 12.2 Å². The van der Waals surface area contributed by atoms with Crippen LogP contribution in [0.3, 0.4) is 0 Å². The highest BCUT2D eigenvalue weighted by atomic mass is 32.1. The number of carbonyl (C=O) groups is 1. The molecule has 24 heavy (non-hydrogen) atoms. The zero-order chi connectivity index (χ0) is 17.1. The number of nitrogens with zero attached hydrogens (tertiary/aromatic N) is 3. The zero-order valence-electron chi connectivity index (χ0n) is 14.1. The lowest BCUT2D eigenvalue weighted by molar-refractivity contribution is 0.0949. The van der Waals surface area contributed by atoms with Crippen molar-refractivity contribution in [3.05, 3.63) is 40.4 Å². The van der Waals surface area contributed by atoms with Crippen molar-refractivity contribution in [2.75, 3.05) is 18.5 Å². The Bertz CT molecular complexity index is 760. The highest BCUT2D eigenvalue weighted by Crippen LogP contribution is 2.35. The van der Waals surface area contributed by atoms with Gasteiger partial charge in [-0.1, -0.05) is 6.92 Å². The van der Waals surface area contributed by atoms with E-state index in [0.717, 1.165) is 37.3 Å². The molecule has 1 saturated carbocycles. The number of H-pyrrole nitrogens is 1. The van der Waals surface area contributed by atoms with Gasteiger partial charge < -0.3 is 10.2 Å². The zero-order valence-corrected chi connectivity index (χ0v) is 14.9. The van der Waals surface area contributed by atoms with E-state index in [1.807, 2.05) is 28.8 Å². The highest BCUT2D eigenvalue weighted by molar-refractivity contribution is 7.71. The van der Waals surface area contributed by atoms with E-state index in [9.17, 15) is 4.79 Å². The monoisotopic (exact) mass is 345 g/mol. The van der Waals surface area contributed by atoms with Crippen LogP contribution in [0, 0.1) is 4.77 Å². The second-order valence-corrected chi connectivity index (χ2v) is 6.58. The minimum Gasteiger partial charge on any atom is -0.375 e. The number of anilines is 1. The van der Waals surface area contributed by atoms with Crippen LogP contribution in [-0.2, 0) is 6.54 Å². The Kier molecular flexibility index (Phi) is 4.99. The first kappa shape index (κ1) is 16.7. The summed E-state index contributed by atoms with van der Waals surface area (Å²) in [6.45, 7) is 3.52. The number of rotatable bonds is 7. The topological polar surface area (TPSA) is 66.0 Å². The molecule has 1 aliphatic rings. The summed E-state index contributed by atoms with van der Waals surface area (Å²) in [4.78, 5) is 14.5. The summed E-state index contributed by atoms with van der Waals surface area (Å²) < 4.78 is 2.64. The third-order valence-corrected chi connectivity index (χ3v) is 4.51. The molecule has 1 aromatic heterocycles. The van der Waals surface area contributed by atoms with E-state index in [-0.39, 0.29) is 5.91 Å². The quantitative estimate of drug-likeness (QED) is 0.757. The standard InChI is InChI=1S/C17H23N5OS/c1-3-10-21(2)13-6-4-12(5-7-13)16(23)18-11-15-19-20-17(24)22(15)14-8-9-14/h4-7,14H,3,8-11H2,1-2H3,(H,18,23)(H,20,24). The van der Waals surface area contributed by atoms with Gasteiger partial charge in [-0.05, 0) is 55.7 Å². The summed E-state index contributed by atoms with van der Waals surface area (Å²) in [5.74, 6) is 0.686. The largest absolute Gasteiger partial charge is 0.375 e. The van der Waals surface area contributed by atoms with Crippen LogP contribution >= 0.6 is 12.2 Å². The Balaban J connectivity index is 1.62. The minimum absolute atomic E-state index is 0.101. The first-order valence-electron chi connectivity index (χ1n) is 8.35. The number of amides is 1. The maximum atomic E-state index is 12.3. The number of aromatic nitrogens is 3. The lowest BCUT2D eigenvalue weighted by atomic mass is 10.2. The van der Waals surface area contributed by atoms with Crippen molar-refractivity contribution >= 4 is 23.8 Å². The van der Waals surface area contributed by atoms with E-state index in [1.54, 1.807) is 0 Å². The van der Waals surface area contributed by atoms with E-state index < -0.39 is 0 Å². The van der Waals surface area contributed by atoms with Crippen LogP contribution in [0.15, 0.2) is 24.3 Å². The van der Waals surface area contributed by atoms with Gasteiger partial charge in [0.25, 0.3) is 5.91 Å². The molecular weight excluding hydrogens is 322 g/mol. The molecule has 1 aliphatic carbocycles. The number of nitrogens with one attached hydrogen (secondary N) is 2. The number of aromatic amines is 1. The summed E-state index contributed by atoms with van der Waals surface area (Å²) in [7, 11) is 2.05. The average molecular weight is 345 g/mol. The smallest absolute Gasteiger partial charge is 0.251 e. The van der Waals surface area contributed by atoms with Gasteiger partial charge in [-0.25, -0.2) is 0 Å². The van der Waals surface area contributed by atoms with Gasteiger partial charge in [-0.15, -0.1) is 0 Å². The maximum Gasteiger partial charge on any atom is 0.251 e. The van der Waals surface area contributed by atoms with E-state index >= 15 is 0 Å². The van der Waals surface area contributed by atoms with Crippen LogP contribution in [0.25, 0.3) is 0 Å². The molecule has 0 spiro atoms. The van der Waals surface area contributed by atoms with Gasteiger partial charge in [0, 0.05) is 30.9 Å². The molecule has 1 fully saturated rings. The van der Waals surface area contributed by atoms with Gasteiger partial charge in [0.1, 0.15) is 0 Å². The molecule has 1 heterocycles. The molecule has 0 unspecified atom stereocenters. The predicted octanol–water partition coefficient (Wildman–Crippen LogP) is 3.05. The van der Waals surface area contributed by atoms with Crippen LogP contribution < -0.4 is 10.2 Å². The second-order valence-electron chi connectivity index (χ2n) is 6.20. The molecule has 0 aliphatic heterocycles. The summed E-state index contributed by atoms with van der Waals surface area (Å²) in [6.07, 6.45) is 3.34. The molecular formula is C17H23N5OS. The van der Waals surface area contributed by atoms with Crippen LogP contribution in [0.2, 0.25) is 0 Å². The third kappa shape index (κ3) is 3.67. The SMILES string of the molecule is CCCN(C)c1ccc(C(=O)NCc2n[nH]c(=S)n2C2CC2)cc1. The van der Waals surface area contributed by atoms with Crippen molar-refractivity contribution in [2.45, 2.75) is 38.8 Å². The van der Waals surface area contributed by atoms with Crippen LogP contribution in [0.4, 0.5) is 5.69 Å². The predicted molar refractivity (Wildman–Crippen MR) is 96.9 cm³/mol. The fourth-order valence-electron chi connectivity index (χ4n) is 2.76. The van der Waals surface area contributed by atoms with Crippen LogP contribution in [-0.4, -0.2) is 34.3 Å². The fraction of sp³-hybridized carbons (Fsp3) is 0.471. The summed E-state index contributed by atoms with van der Waals surface area (Å²) in [6, 6.07) is 8.11. The van der Waals surface area contributed by atoms with E-state index in [1.165, 1.54) is 0 Å². The van der Waals surface area contributed by atoms with Gasteiger partial charge in [0.15, 0.2) is 10.6 Å². The Morgan fingerprint density at radius 3 is 2.75 bits per heavy atom. The lowest BCUT2D eigenvalue weighted by Gasteiger charge is -2.18. The van der Waals surface area contributed by atoms with Gasteiger partial charge >= 0.3 is 0 Å². The molecule has 1 amide bonds. The number of hydrogen-bond donors (Lipinski definition) is 2. The van der Waals surface area contributed by atoms with E-state index in [0.29, 0.717) is 22.9 Å². The third-order valence-electron chi connectivity index (χ3n) is 4.23. The molecule has 3 rings (SSSR count). The Morgan fingerprint density at radius 1 is 1.42 bits per heavy atom. The molecule has 6 nitrogen and oxygen atoms in total. The Morgan fingerprint density at radius 2 is 2.12 bits per heavy atom. The first-order chi connectivity index (χ1) is 11.6. The normalized spacial score (nSPS) is 13.8. The van der Waals surface area contributed by atoms with Crippen molar-refractivity contribution in [1.29, 1.82) is 0 Å². The molecule has 1 aromatic carbocycles. The molecule has 2 aromatic rings. The summed E-state index contributed by atoms with van der Waals surface area (Å²) in [5, 5.41) is 9.96.